The van der Waals surface area contributed by atoms with Crippen molar-refractivity contribution in [3.05, 3.63) is 53.5 Å². The second-order valence-corrected chi connectivity index (χ2v) is 3.83. The Morgan fingerprint density at radius 1 is 1.39 bits per heavy atom. The first kappa shape index (κ1) is 12.0. The van der Waals surface area contributed by atoms with E-state index in [0.29, 0.717) is 11.4 Å². The number of nitriles is 1. The molecule has 0 aliphatic heterocycles. The van der Waals surface area contributed by atoms with E-state index in [1.807, 2.05) is 19.1 Å². The Hall–Kier alpha value is -2.48. The minimum atomic E-state index is -0.291. The maximum absolute atomic E-state index is 13.1. The summed E-state index contributed by atoms with van der Waals surface area (Å²) in [5.74, 6) is 0.109. The first-order chi connectivity index (χ1) is 8.70. The van der Waals surface area contributed by atoms with Crippen molar-refractivity contribution in [1.82, 2.24) is 10.2 Å². The zero-order valence-electron chi connectivity index (χ0n) is 9.76. The van der Waals surface area contributed by atoms with Crippen LogP contribution in [-0.2, 0) is 0 Å². The van der Waals surface area contributed by atoms with Crippen molar-refractivity contribution in [1.29, 1.82) is 5.26 Å². The van der Waals surface area contributed by atoms with Crippen molar-refractivity contribution in [3.63, 3.8) is 0 Å². The molecular weight excluding hydrogens is 231 g/mol. The van der Waals surface area contributed by atoms with Crippen molar-refractivity contribution in [2.24, 2.45) is 0 Å². The van der Waals surface area contributed by atoms with Crippen molar-refractivity contribution in [3.8, 4) is 6.07 Å². The minimum absolute atomic E-state index is 0.163. The van der Waals surface area contributed by atoms with Crippen molar-refractivity contribution < 1.29 is 4.39 Å². The number of hydrogen-bond acceptors (Lipinski definition) is 4. The highest BCUT2D eigenvalue weighted by Gasteiger charge is 2.10. The van der Waals surface area contributed by atoms with E-state index in [0.717, 1.165) is 5.56 Å². The predicted molar refractivity (Wildman–Crippen MR) is 65.2 cm³/mol. The van der Waals surface area contributed by atoms with E-state index in [1.54, 1.807) is 12.1 Å². The Kier molecular flexibility index (Phi) is 3.49. The van der Waals surface area contributed by atoms with E-state index >= 15 is 0 Å². The number of halogens is 1. The zero-order valence-corrected chi connectivity index (χ0v) is 9.76. The number of anilines is 1. The second-order valence-electron chi connectivity index (χ2n) is 3.83. The number of hydrogen-bond donors (Lipinski definition) is 1. The van der Waals surface area contributed by atoms with E-state index in [1.165, 1.54) is 18.3 Å². The van der Waals surface area contributed by atoms with E-state index in [4.69, 9.17) is 5.26 Å². The van der Waals surface area contributed by atoms with Crippen LogP contribution >= 0.6 is 0 Å². The standard InChI is InChI=1S/C13H11FN4/c1-9(10-3-2-4-12(14)7-10)17-13-11(8-15)5-6-16-18-13/h2-7,9H,1H3,(H,17,18). The first-order valence-corrected chi connectivity index (χ1v) is 5.44. The Bertz CT molecular complexity index is 592. The van der Waals surface area contributed by atoms with Gasteiger partial charge in [0.25, 0.3) is 0 Å². The summed E-state index contributed by atoms with van der Waals surface area (Å²) in [6.07, 6.45) is 1.45. The van der Waals surface area contributed by atoms with Gasteiger partial charge in [-0.15, -0.1) is 5.10 Å². The Morgan fingerprint density at radius 2 is 2.22 bits per heavy atom. The maximum atomic E-state index is 13.1. The molecule has 0 saturated heterocycles. The van der Waals surface area contributed by atoms with Gasteiger partial charge < -0.3 is 5.32 Å². The summed E-state index contributed by atoms with van der Waals surface area (Å²) in [5, 5.41) is 19.6. The quantitative estimate of drug-likeness (QED) is 0.898. The summed E-state index contributed by atoms with van der Waals surface area (Å²) in [7, 11) is 0. The van der Waals surface area contributed by atoms with Gasteiger partial charge in [-0.25, -0.2) is 4.39 Å². The van der Waals surface area contributed by atoms with Gasteiger partial charge in [0.05, 0.1) is 17.8 Å². The normalized spacial score (nSPS) is 11.6. The lowest BCUT2D eigenvalue weighted by atomic mass is 10.1. The summed E-state index contributed by atoms with van der Waals surface area (Å²) in [4.78, 5) is 0. The van der Waals surface area contributed by atoms with Crippen LogP contribution in [0.5, 0.6) is 0 Å². The van der Waals surface area contributed by atoms with Gasteiger partial charge in [0.1, 0.15) is 11.9 Å². The summed E-state index contributed by atoms with van der Waals surface area (Å²) in [6.45, 7) is 1.87. The molecule has 1 unspecified atom stereocenters. The molecule has 0 spiro atoms. The molecule has 1 N–H and O–H groups in total. The van der Waals surface area contributed by atoms with E-state index in [-0.39, 0.29) is 11.9 Å². The van der Waals surface area contributed by atoms with E-state index in [2.05, 4.69) is 15.5 Å². The smallest absolute Gasteiger partial charge is 0.167 e. The fourth-order valence-corrected chi connectivity index (χ4v) is 1.59. The van der Waals surface area contributed by atoms with Crippen LogP contribution in [0.2, 0.25) is 0 Å². The van der Waals surface area contributed by atoms with Gasteiger partial charge in [0.2, 0.25) is 0 Å². The van der Waals surface area contributed by atoms with Crippen LogP contribution in [0.4, 0.5) is 10.2 Å². The van der Waals surface area contributed by atoms with E-state index in [9.17, 15) is 4.39 Å². The third kappa shape index (κ3) is 2.61. The van der Waals surface area contributed by atoms with Gasteiger partial charge in [0.15, 0.2) is 5.82 Å². The minimum Gasteiger partial charge on any atom is -0.361 e. The third-order valence-electron chi connectivity index (χ3n) is 2.54. The highest BCUT2D eigenvalue weighted by atomic mass is 19.1. The SMILES string of the molecule is CC(Nc1nnccc1C#N)c1cccc(F)c1. The number of rotatable bonds is 3. The van der Waals surface area contributed by atoms with Crippen molar-refractivity contribution >= 4 is 5.82 Å². The topological polar surface area (TPSA) is 61.6 Å². The van der Waals surface area contributed by atoms with Gasteiger partial charge in [-0.1, -0.05) is 12.1 Å². The number of benzene rings is 1. The molecule has 2 rings (SSSR count). The Balaban J connectivity index is 2.22. The Morgan fingerprint density at radius 3 is 2.94 bits per heavy atom. The molecule has 0 fully saturated rings. The molecule has 1 aromatic heterocycles. The lowest BCUT2D eigenvalue weighted by Gasteiger charge is -2.15. The van der Waals surface area contributed by atoms with Crippen LogP contribution in [0.3, 0.4) is 0 Å². The van der Waals surface area contributed by atoms with Crippen LogP contribution < -0.4 is 5.32 Å². The van der Waals surface area contributed by atoms with Crippen LogP contribution in [0.1, 0.15) is 24.1 Å². The molecule has 0 aliphatic carbocycles. The molecule has 1 atom stereocenters. The monoisotopic (exact) mass is 242 g/mol. The van der Waals surface area contributed by atoms with Crippen LogP contribution in [0.25, 0.3) is 0 Å². The highest BCUT2D eigenvalue weighted by Crippen LogP contribution is 2.19. The Labute approximate surface area is 104 Å². The largest absolute Gasteiger partial charge is 0.361 e. The van der Waals surface area contributed by atoms with E-state index < -0.39 is 0 Å². The lowest BCUT2D eigenvalue weighted by Crippen LogP contribution is -2.10. The number of aromatic nitrogens is 2. The van der Waals surface area contributed by atoms with Gasteiger partial charge in [-0.05, 0) is 30.7 Å². The second kappa shape index (κ2) is 5.23. The summed E-state index contributed by atoms with van der Waals surface area (Å²) < 4.78 is 13.1. The third-order valence-corrected chi connectivity index (χ3v) is 2.54. The average Bonchev–Trinajstić information content (AvgIpc) is 2.39. The molecule has 0 amide bonds. The predicted octanol–water partition coefficient (Wildman–Crippen LogP) is 2.66. The van der Waals surface area contributed by atoms with Crippen molar-refractivity contribution in [2.45, 2.75) is 13.0 Å². The molecular formula is C13H11FN4. The molecule has 90 valence electrons. The molecule has 1 aromatic carbocycles. The van der Waals surface area contributed by atoms with Crippen molar-refractivity contribution in [2.75, 3.05) is 5.32 Å². The lowest BCUT2D eigenvalue weighted by molar-refractivity contribution is 0.623. The zero-order chi connectivity index (χ0) is 13.0. The molecule has 18 heavy (non-hydrogen) atoms. The first-order valence-electron chi connectivity index (χ1n) is 5.44. The molecule has 0 radical (unpaired) electrons. The summed E-state index contributed by atoms with van der Waals surface area (Å²) >= 11 is 0. The number of nitrogens with one attached hydrogen (secondary N) is 1. The maximum Gasteiger partial charge on any atom is 0.167 e. The molecule has 1 heterocycles. The van der Waals surface area contributed by atoms with Crippen LogP contribution in [0.15, 0.2) is 36.5 Å². The van der Waals surface area contributed by atoms with Gasteiger partial charge in [-0.3, -0.25) is 0 Å². The summed E-state index contributed by atoms with van der Waals surface area (Å²) in [5.41, 5.74) is 1.19. The van der Waals surface area contributed by atoms with Crippen LogP contribution in [-0.4, -0.2) is 10.2 Å². The van der Waals surface area contributed by atoms with Gasteiger partial charge >= 0.3 is 0 Å². The van der Waals surface area contributed by atoms with Crippen LogP contribution in [0, 0.1) is 17.1 Å². The molecule has 0 bridgehead atoms. The fourth-order valence-electron chi connectivity index (χ4n) is 1.59. The molecule has 0 aliphatic rings. The van der Waals surface area contributed by atoms with Gasteiger partial charge in [-0.2, -0.15) is 10.4 Å². The summed E-state index contributed by atoms with van der Waals surface area (Å²) in [6, 6.07) is 9.72. The molecule has 5 heteroatoms. The number of nitrogens with zero attached hydrogens (tertiary/aromatic N) is 3. The fraction of sp³-hybridized carbons (Fsp3) is 0.154. The van der Waals surface area contributed by atoms with Gasteiger partial charge in [0, 0.05) is 0 Å². The molecule has 0 saturated carbocycles. The highest BCUT2D eigenvalue weighted by molar-refractivity contribution is 5.51. The molecule has 4 nitrogen and oxygen atoms in total. The molecule has 2 aromatic rings. The average molecular weight is 242 g/mol.